The van der Waals surface area contributed by atoms with Crippen LogP contribution in [-0.2, 0) is 10.0 Å². The van der Waals surface area contributed by atoms with Crippen molar-refractivity contribution in [2.24, 2.45) is 0 Å². The second-order valence-electron chi connectivity index (χ2n) is 5.27. The molecule has 23 heavy (non-hydrogen) atoms. The van der Waals surface area contributed by atoms with Gasteiger partial charge in [-0.1, -0.05) is 0 Å². The molecule has 0 radical (unpaired) electrons. The van der Waals surface area contributed by atoms with E-state index in [-0.39, 0.29) is 16.6 Å². The maximum atomic E-state index is 12.2. The summed E-state index contributed by atoms with van der Waals surface area (Å²) < 4.78 is 25.1. The van der Waals surface area contributed by atoms with Gasteiger partial charge >= 0.3 is 0 Å². The Labute approximate surface area is 135 Å². The normalized spacial score (nSPS) is 11.5. The molecule has 0 bridgehead atoms. The molecule has 0 saturated heterocycles. The molecule has 6 nitrogen and oxygen atoms in total. The van der Waals surface area contributed by atoms with Gasteiger partial charge in [0.15, 0.2) is 0 Å². The highest BCUT2D eigenvalue weighted by Crippen LogP contribution is 2.21. The van der Waals surface area contributed by atoms with E-state index in [1.165, 1.54) is 44.4 Å². The van der Waals surface area contributed by atoms with Crippen molar-refractivity contribution >= 4 is 21.6 Å². The van der Waals surface area contributed by atoms with Gasteiger partial charge in [-0.15, -0.1) is 0 Å². The third kappa shape index (κ3) is 3.69. The minimum Gasteiger partial charge on any atom is -0.508 e. The first kappa shape index (κ1) is 17.0. The first-order valence-electron chi connectivity index (χ1n) is 6.85. The van der Waals surface area contributed by atoms with Gasteiger partial charge in [0.25, 0.3) is 5.91 Å². The van der Waals surface area contributed by atoms with Crippen molar-refractivity contribution in [3.05, 3.63) is 53.6 Å². The number of nitrogens with one attached hydrogen (secondary N) is 1. The highest BCUT2D eigenvalue weighted by Gasteiger charge is 2.17. The minimum absolute atomic E-state index is 0.124. The van der Waals surface area contributed by atoms with Crippen molar-refractivity contribution in [1.82, 2.24) is 4.31 Å². The Balaban J connectivity index is 2.21. The van der Waals surface area contributed by atoms with Crippen molar-refractivity contribution in [2.45, 2.75) is 11.8 Å². The predicted molar refractivity (Wildman–Crippen MR) is 88.1 cm³/mol. The summed E-state index contributed by atoms with van der Waals surface area (Å²) >= 11 is 0. The Hall–Kier alpha value is -2.38. The molecular weight excluding hydrogens is 316 g/mol. The van der Waals surface area contributed by atoms with E-state index in [0.29, 0.717) is 11.3 Å². The molecule has 0 aromatic heterocycles. The fraction of sp³-hybridized carbons (Fsp3) is 0.188. The molecule has 0 fully saturated rings. The third-order valence-electron chi connectivity index (χ3n) is 3.35. The number of hydrogen-bond donors (Lipinski definition) is 2. The molecule has 2 aromatic carbocycles. The number of amides is 1. The lowest BCUT2D eigenvalue weighted by Crippen LogP contribution is -2.22. The van der Waals surface area contributed by atoms with Crippen LogP contribution in [0.3, 0.4) is 0 Å². The standard InChI is InChI=1S/C16H18N2O4S/c1-11-10-13(19)6-9-15(11)17-16(20)12-4-7-14(8-5-12)23(21,22)18(2)3/h4-10,19H,1-3H3,(H,17,20). The van der Waals surface area contributed by atoms with Crippen molar-refractivity contribution in [3.63, 3.8) is 0 Å². The SMILES string of the molecule is Cc1cc(O)ccc1NC(=O)c1ccc(S(=O)(=O)N(C)C)cc1. The summed E-state index contributed by atoms with van der Waals surface area (Å²) in [4.78, 5) is 12.3. The molecule has 7 heteroatoms. The van der Waals surface area contributed by atoms with Gasteiger partial charge in [0, 0.05) is 25.3 Å². The number of carbonyl (C=O) groups is 1. The highest BCUT2D eigenvalue weighted by molar-refractivity contribution is 7.89. The minimum atomic E-state index is -3.52. The van der Waals surface area contributed by atoms with E-state index in [9.17, 15) is 18.3 Å². The highest BCUT2D eigenvalue weighted by atomic mass is 32.2. The molecule has 0 heterocycles. The number of aryl methyl sites for hydroxylation is 1. The zero-order valence-corrected chi connectivity index (χ0v) is 13.9. The average molecular weight is 334 g/mol. The van der Waals surface area contributed by atoms with Crippen LogP contribution in [0, 0.1) is 6.92 Å². The van der Waals surface area contributed by atoms with Crippen molar-refractivity contribution in [2.75, 3.05) is 19.4 Å². The molecule has 0 unspecified atom stereocenters. The van der Waals surface area contributed by atoms with Crippen LogP contribution in [0.15, 0.2) is 47.4 Å². The van der Waals surface area contributed by atoms with E-state index in [0.717, 1.165) is 9.87 Å². The van der Waals surface area contributed by atoms with Crippen LogP contribution in [0.5, 0.6) is 5.75 Å². The fourth-order valence-electron chi connectivity index (χ4n) is 1.97. The van der Waals surface area contributed by atoms with Crippen LogP contribution in [-0.4, -0.2) is 37.8 Å². The maximum absolute atomic E-state index is 12.2. The number of phenolic OH excluding ortho intramolecular Hbond substituents is 1. The first-order valence-corrected chi connectivity index (χ1v) is 8.29. The largest absolute Gasteiger partial charge is 0.508 e. The van der Waals surface area contributed by atoms with Crippen LogP contribution >= 0.6 is 0 Å². The lowest BCUT2D eigenvalue weighted by atomic mass is 10.1. The second-order valence-corrected chi connectivity index (χ2v) is 7.42. The molecule has 0 spiro atoms. The van der Waals surface area contributed by atoms with Gasteiger partial charge in [-0.05, 0) is 55.0 Å². The quantitative estimate of drug-likeness (QED) is 0.839. The second kappa shape index (κ2) is 6.39. The molecule has 0 aliphatic heterocycles. The maximum Gasteiger partial charge on any atom is 0.255 e. The summed E-state index contributed by atoms with van der Waals surface area (Å²) in [7, 11) is -0.620. The van der Waals surface area contributed by atoms with E-state index in [2.05, 4.69) is 5.32 Å². The number of rotatable bonds is 4. The number of anilines is 1. The van der Waals surface area contributed by atoms with Crippen LogP contribution in [0.2, 0.25) is 0 Å². The van der Waals surface area contributed by atoms with Gasteiger partial charge in [0.05, 0.1) is 4.90 Å². The molecule has 122 valence electrons. The lowest BCUT2D eigenvalue weighted by molar-refractivity contribution is 0.102. The van der Waals surface area contributed by atoms with E-state index >= 15 is 0 Å². The van der Waals surface area contributed by atoms with E-state index in [1.54, 1.807) is 19.1 Å². The first-order chi connectivity index (χ1) is 10.7. The van der Waals surface area contributed by atoms with Gasteiger partial charge in [-0.25, -0.2) is 12.7 Å². The zero-order valence-electron chi connectivity index (χ0n) is 13.1. The Kier molecular flexibility index (Phi) is 4.72. The fourth-order valence-corrected chi connectivity index (χ4v) is 2.87. The average Bonchev–Trinajstić information content (AvgIpc) is 2.50. The summed E-state index contributed by atoms with van der Waals surface area (Å²) in [6.45, 7) is 1.77. The number of phenols is 1. The molecule has 0 aliphatic rings. The summed E-state index contributed by atoms with van der Waals surface area (Å²) in [5.74, 6) is -0.230. The van der Waals surface area contributed by atoms with Gasteiger partial charge in [-0.2, -0.15) is 0 Å². The number of carbonyl (C=O) groups excluding carboxylic acids is 1. The molecule has 2 aromatic rings. The molecule has 0 aliphatic carbocycles. The summed E-state index contributed by atoms with van der Waals surface area (Å²) in [5, 5.41) is 12.1. The number of aromatic hydroxyl groups is 1. The molecule has 2 N–H and O–H groups in total. The van der Waals surface area contributed by atoms with Crippen LogP contribution in [0.1, 0.15) is 15.9 Å². The number of sulfonamides is 1. The van der Waals surface area contributed by atoms with Crippen LogP contribution in [0.4, 0.5) is 5.69 Å². The topological polar surface area (TPSA) is 86.7 Å². The smallest absolute Gasteiger partial charge is 0.255 e. The Morgan fingerprint density at radius 2 is 1.70 bits per heavy atom. The third-order valence-corrected chi connectivity index (χ3v) is 5.18. The molecule has 2 rings (SSSR count). The van der Waals surface area contributed by atoms with Crippen molar-refractivity contribution < 1.29 is 18.3 Å². The number of hydrogen-bond acceptors (Lipinski definition) is 4. The van der Waals surface area contributed by atoms with Gasteiger partial charge in [0.2, 0.25) is 10.0 Å². The van der Waals surface area contributed by atoms with Crippen molar-refractivity contribution in [3.8, 4) is 5.75 Å². The predicted octanol–water partition coefficient (Wildman–Crippen LogP) is 2.20. The van der Waals surface area contributed by atoms with Gasteiger partial charge in [-0.3, -0.25) is 4.79 Å². The Morgan fingerprint density at radius 3 is 2.22 bits per heavy atom. The number of benzene rings is 2. The summed E-state index contributed by atoms with van der Waals surface area (Å²) in [5.41, 5.74) is 1.65. The van der Waals surface area contributed by atoms with Crippen LogP contribution < -0.4 is 5.32 Å². The number of nitrogens with zero attached hydrogens (tertiary/aromatic N) is 1. The zero-order chi connectivity index (χ0) is 17.2. The van der Waals surface area contributed by atoms with E-state index in [1.807, 2.05) is 0 Å². The molecule has 1 amide bonds. The molecular formula is C16H18N2O4S. The lowest BCUT2D eigenvalue weighted by Gasteiger charge is -2.12. The van der Waals surface area contributed by atoms with E-state index in [4.69, 9.17) is 0 Å². The van der Waals surface area contributed by atoms with E-state index < -0.39 is 10.0 Å². The monoisotopic (exact) mass is 334 g/mol. The van der Waals surface area contributed by atoms with Crippen LogP contribution in [0.25, 0.3) is 0 Å². The van der Waals surface area contributed by atoms with Gasteiger partial charge < -0.3 is 10.4 Å². The Morgan fingerprint density at radius 1 is 1.09 bits per heavy atom. The summed E-state index contributed by atoms with van der Waals surface area (Å²) in [6.07, 6.45) is 0. The molecule has 0 atom stereocenters. The summed E-state index contributed by atoms with van der Waals surface area (Å²) in [6, 6.07) is 10.3. The van der Waals surface area contributed by atoms with Crippen molar-refractivity contribution in [1.29, 1.82) is 0 Å². The van der Waals surface area contributed by atoms with Gasteiger partial charge in [0.1, 0.15) is 5.75 Å². The Bertz CT molecular complexity index is 828. The molecule has 0 saturated carbocycles.